The van der Waals surface area contributed by atoms with Gasteiger partial charge in [0.1, 0.15) is 5.69 Å². The molecule has 2 N–H and O–H groups in total. The lowest BCUT2D eigenvalue weighted by atomic mass is 9.90. The van der Waals surface area contributed by atoms with Crippen LogP contribution in [0.4, 0.5) is 11.5 Å². The van der Waals surface area contributed by atoms with Crippen molar-refractivity contribution in [2.45, 2.75) is 45.6 Å². The number of nitrogens with zero attached hydrogens (tertiary/aromatic N) is 4. The first-order chi connectivity index (χ1) is 9.99. The smallest absolute Gasteiger partial charge is 0.334 e. The lowest BCUT2D eigenvalue weighted by molar-refractivity contribution is -0.384. The van der Waals surface area contributed by atoms with Crippen LogP contribution in [0.15, 0.2) is 0 Å². The quantitative estimate of drug-likeness (QED) is 0.661. The number of hydrogen-bond donors (Lipinski definition) is 1. The van der Waals surface area contributed by atoms with Gasteiger partial charge in [0.25, 0.3) is 0 Å². The first kappa shape index (κ1) is 15.8. The Hall–Kier alpha value is -1.63. The molecule has 7 heteroatoms. The van der Waals surface area contributed by atoms with Crippen molar-refractivity contribution in [3.05, 3.63) is 15.8 Å². The molecule has 2 atom stereocenters. The van der Waals surface area contributed by atoms with Crippen molar-refractivity contribution in [3.8, 4) is 0 Å². The van der Waals surface area contributed by atoms with Gasteiger partial charge in [0.05, 0.1) is 4.92 Å². The highest BCUT2D eigenvalue weighted by Gasteiger charge is 2.34. The zero-order chi connectivity index (χ0) is 15.6. The fourth-order valence-electron chi connectivity index (χ4n) is 3.18. The Balaban J connectivity index is 2.36. The Morgan fingerprint density at radius 2 is 2.19 bits per heavy atom. The summed E-state index contributed by atoms with van der Waals surface area (Å²) in [5.41, 5.74) is 6.89. The maximum atomic E-state index is 11.5. The number of hydrogen-bond acceptors (Lipinski definition) is 5. The maximum Gasteiger partial charge on any atom is 0.334 e. The molecule has 7 nitrogen and oxygen atoms in total. The molecule has 0 amide bonds. The molecule has 1 aliphatic heterocycles. The molecule has 0 radical (unpaired) electrons. The third-order valence-electron chi connectivity index (χ3n) is 4.35. The van der Waals surface area contributed by atoms with Gasteiger partial charge in [0.15, 0.2) is 0 Å². The lowest BCUT2D eigenvalue weighted by Crippen LogP contribution is -2.47. The van der Waals surface area contributed by atoms with Crippen molar-refractivity contribution in [2.24, 2.45) is 18.7 Å². The van der Waals surface area contributed by atoms with Crippen LogP contribution in [0.2, 0.25) is 0 Å². The summed E-state index contributed by atoms with van der Waals surface area (Å²) in [4.78, 5) is 13.3. The zero-order valence-corrected chi connectivity index (χ0v) is 13.1. The van der Waals surface area contributed by atoms with E-state index in [0.717, 1.165) is 32.4 Å². The lowest BCUT2D eigenvalue weighted by Gasteiger charge is -2.37. The van der Waals surface area contributed by atoms with Gasteiger partial charge in [0, 0.05) is 26.2 Å². The SMILES string of the molecule is CCCc1nn(C)c(N2CCC(N)C(CC)C2)c1[N+](=O)[O-]. The Bertz CT molecular complexity index is 514. The van der Waals surface area contributed by atoms with Crippen LogP contribution in [-0.4, -0.2) is 33.8 Å². The predicted molar refractivity (Wildman–Crippen MR) is 82.4 cm³/mol. The van der Waals surface area contributed by atoms with Gasteiger partial charge in [0.2, 0.25) is 5.82 Å². The highest BCUT2D eigenvalue weighted by atomic mass is 16.6. The molecule has 0 aromatic carbocycles. The molecular weight excluding hydrogens is 270 g/mol. The molecule has 2 heterocycles. The summed E-state index contributed by atoms with van der Waals surface area (Å²) >= 11 is 0. The molecule has 1 aromatic rings. The molecule has 0 spiro atoms. The molecule has 2 unspecified atom stereocenters. The molecule has 1 aliphatic rings. The monoisotopic (exact) mass is 295 g/mol. The molecule has 2 rings (SSSR count). The Kier molecular flexibility index (Phi) is 4.82. The fraction of sp³-hybridized carbons (Fsp3) is 0.786. The van der Waals surface area contributed by atoms with E-state index in [2.05, 4.69) is 16.9 Å². The van der Waals surface area contributed by atoms with Crippen molar-refractivity contribution < 1.29 is 4.92 Å². The highest BCUT2D eigenvalue weighted by Crippen LogP contribution is 2.34. The average Bonchev–Trinajstić information content (AvgIpc) is 2.76. The minimum absolute atomic E-state index is 0.171. The molecule has 0 saturated carbocycles. The van der Waals surface area contributed by atoms with Gasteiger partial charge in [-0.05, 0) is 18.8 Å². The van der Waals surface area contributed by atoms with E-state index in [1.54, 1.807) is 11.7 Å². The molecule has 1 aromatic heterocycles. The molecular formula is C14H25N5O2. The highest BCUT2D eigenvalue weighted by molar-refractivity contribution is 5.62. The van der Waals surface area contributed by atoms with E-state index in [0.29, 0.717) is 23.9 Å². The zero-order valence-electron chi connectivity index (χ0n) is 13.1. The molecule has 21 heavy (non-hydrogen) atoms. The molecule has 0 aliphatic carbocycles. The van der Waals surface area contributed by atoms with E-state index in [1.807, 2.05) is 6.92 Å². The second-order valence-electron chi connectivity index (χ2n) is 5.82. The topological polar surface area (TPSA) is 90.2 Å². The van der Waals surface area contributed by atoms with Gasteiger partial charge in [-0.2, -0.15) is 5.10 Å². The van der Waals surface area contributed by atoms with E-state index in [1.165, 1.54) is 0 Å². The summed E-state index contributed by atoms with van der Waals surface area (Å²) in [6, 6.07) is 0.189. The summed E-state index contributed by atoms with van der Waals surface area (Å²) in [6.07, 6.45) is 3.34. The fourth-order valence-corrected chi connectivity index (χ4v) is 3.18. The van der Waals surface area contributed by atoms with Crippen LogP contribution >= 0.6 is 0 Å². The number of piperidine rings is 1. The van der Waals surface area contributed by atoms with Gasteiger partial charge in [-0.3, -0.25) is 10.1 Å². The standard InChI is InChI=1S/C14H25N5O2/c1-4-6-12-13(19(20)21)14(17(3)16-12)18-8-7-11(15)10(5-2)9-18/h10-11H,4-9,15H2,1-3H3. The van der Waals surface area contributed by atoms with Crippen molar-refractivity contribution in [3.63, 3.8) is 0 Å². The Morgan fingerprint density at radius 1 is 1.48 bits per heavy atom. The van der Waals surface area contributed by atoms with Gasteiger partial charge in [-0.25, -0.2) is 4.68 Å². The van der Waals surface area contributed by atoms with Crippen LogP contribution in [0.1, 0.15) is 38.8 Å². The summed E-state index contributed by atoms with van der Waals surface area (Å²) in [5, 5.41) is 15.9. The first-order valence-electron chi connectivity index (χ1n) is 7.70. The van der Waals surface area contributed by atoms with Crippen LogP contribution in [0.3, 0.4) is 0 Å². The van der Waals surface area contributed by atoms with E-state index >= 15 is 0 Å². The third kappa shape index (κ3) is 3.02. The van der Waals surface area contributed by atoms with Crippen LogP contribution in [0.5, 0.6) is 0 Å². The predicted octanol–water partition coefficient (Wildman–Crippen LogP) is 1.84. The van der Waals surface area contributed by atoms with Gasteiger partial charge >= 0.3 is 5.69 Å². The van der Waals surface area contributed by atoms with Crippen molar-refractivity contribution in [1.82, 2.24) is 9.78 Å². The van der Waals surface area contributed by atoms with E-state index in [4.69, 9.17) is 5.73 Å². The number of aryl methyl sites for hydroxylation is 2. The molecule has 1 saturated heterocycles. The number of nitro groups is 1. The number of anilines is 1. The second-order valence-corrected chi connectivity index (χ2v) is 5.82. The van der Waals surface area contributed by atoms with Gasteiger partial charge in [-0.1, -0.05) is 26.7 Å². The van der Waals surface area contributed by atoms with Gasteiger partial charge in [-0.15, -0.1) is 0 Å². The Morgan fingerprint density at radius 3 is 2.76 bits per heavy atom. The minimum Gasteiger partial charge on any atom is -0.351 e. The van der Waals surface area contributed by atoms with Crippen LogP contribution in [-0.2, 0) is 13.5 Å². The molecule has 0 bridgehead atoms. The summed E-state index contributed by atoms with van der Waals surface area (Å²) in [6.45, 7) is 5.65. The van der Waals surface area contributed by atoms with E-state index in [-0.39, 0.29) is 16.7 Å². The van der Waals surface area contributed by atoms with Crippen LogP contribution < -0.4 is 10.6 Å². The largest absolute Gasteiger partial charge is 0.351 e. The van der Waals surface area contributed by atoms with Gasteiger partial charge < -0.3 is 10.6 Å². The Labute approximate surface area is 125 Å². The number of nitrogens with two attached hydrogens (primary N) is 1. The molecule has 118 valence electrons. The summed E-state index contributed by atoms with van der Waals surface area (Å²) < 4.78 is 1.66. The van der Waals surface area contributed by atoms with Crippen molar-refractivity contribution >= 4 is 11.5 Å². The van der Waals surface area contributed by atoms with E-state index in [9.17, 15) is 10.1 Å². The summed E-state index contributed by atoms with van der Waals surface area (Å²) in [5.74, 6) is 1.01. The maximum absolute atomic E-state index is 11.5. The average molecular weight is 295 g/mol. The number of aromatic nitrogens is 2. The van der Waals surface area contributed by atoms with Crippen molar-refractivity contribution in [1.29, 1.82) is 0 Å². The van der Waals surface area contributed by atoms with Crippen molar-refractivity contribution in [2.75, 3.05) is 18.0 Å². The minimum atomic E-state index is -0.289. The normalized spacial score (nSPS) is 22.6. The number of rotatable bonds is 5. The van der Waals surface area contributed by atoms with Crippen LogP contribution in [0, 0.1) is 16.0 Å². The third-order valence-corrected chi connectivity index (χ3v) is 4.35. The molecule has 1 fully saturated rings. The first-order valence-corrected chi connectivity index (χ1v) is 7.70. The van der Waals surface area contributed by atoms with E-state index < -0.39 is 0 Å². The van der Waals surface area contributed by atoms with Crippen LogP contribution in [0.25, 0.3) is 0 Å². The summed E-state index contributed by atoms with van der Waals surface area (Å²) in [7, 11) is 1.79. The second kappa shape index (κ2) is 6.43.